The van der Waals surface area contributed by atoms with Gasteiger partial charge in [0.2, 0.25) is 0 Å². The van der Waals surface area contributed by atoms with Gasteiger partial charge in [-0.25, -0.2) is 0 Å². The van der Waals surface area contributed by atoms with Crippen molar-refractivity contribution < 1.29 is 4.79 Å². The van der Waals surface area contributed by atoms with Crippen molar-refractivity contribution in [3.8, 4) is 0 Å². The molecule has 0 saturated heterocycles. The van der Waals surface area contributed by atoms with Crippen LogP contribution in [-0.2, 0) is 6.54 Å². The van der Waals surface area contributed by atoms with Gasteiger partial charge in [-0.2, -0.15) is 5.10 Å². The molecule has 5 nitrogen and oxygen atoms in total. The van der Waals surface area contributed by atoms with Crippen LogP contribution >= 0.6 is 0 Å². The molecule has 5 heteroatoms. The highest BCUT2D eigenvalue weighted by molar-refractivity contribution is 6.07. The zero-order chi connectivity index (χ0) is 14.0. The summed E-state index contributed by atoms with van der Waals surface area (Å²) in [5, 5.41) is 4.20. The molecular weight excluding hydrogens is 240 g/mol. The maximum atomic E-state index is 12.4. The number of aryl methyl sites for hydroxylation is 2. The quantitative estimate of drug-likeness (QED) is 0.916. The lowest BCUT2D eigenvalue weighted by Crippen LogP contribution is -2.28. The predicted molar refractivity (Wildman–Crippen MR) is 76.2 cm³/mol. The van der Waals surface area contributed by atoms with Crippen LogP contribution in [0.5, 0.6) is 0 Å². The van der Waals surface area contributed by atoms with E-state index in [2.05, 4.69) is 5.10 Å². The molecule has 0 aliphatic carbocycles. The zero-order valence-electron chi connectivity index (χ0n) is 11.4. The van der Waals surface area contributed by atoms with Crippen LogP contribution in [0.3, 0.4) is 0 Å². The third kappa shape index (κ3) is 2.45. The van der Waals surface area contributed by atoms with Gasteiger partial charge in [0.05, 0.1) is 5.69 Å². The van der Waals surface area contributed by atoms with E-state index in [4.69, 9.17) is 5.73 Å². The van der Waals surface area contributed by atoms with Crippen LogP contribution in [0.1, 0.15) is 23.0 Å². The summed E-state index contributed by atoms with van der Waals surface area (Å²) in [6, 6.07) is 7.71. The Morgan fingerprint density at radius 3 is 2.68 bits per heavy atom. The number of hydrogen-bond acceptors (Lipinski definition) is 3. The van der Waals surface area contributed by atoms with Crippen LogP contribution in [0.15, 0.2) is 30.5 Å². The van der Waals surface area contributed by atoms with Gasteiger partial charge in [-0.1, -0.05) is 18.2 Å². The Bertz CT molecular complexity index is 603. The van der Waals surface area contributed by atoms with Crippen molar-refractivity contribution in [1.29, 1.82) is 0 Å². The summed E-state index contributed by atoms with van der Waals surface area (Å²) in [7, 11) is 1.73. The SMILES string of the molecule is CCn1cc(N)c(C(=O)N(C)c2ccccc2C)n1. The molecule has 2 N–H and O–H groups in total. The van der Waals surface area contributed by atoms with Gasteiger partial charge >= 0.3 is 0 Å². The number of amides is 1. The Morgan fingerprint density at radius 2 is 2.11 bits per heavy atom. The molecule has 0 spiro atoms. The minimum absolute atomic E-state index is 0.195. The standard InChI is InChI=1S/C14H18N4O/c1-4-18-9-11(15)13(16-18)14(19)17(3)12-8-6-5-7-10(12)2/h5-9H,4,15H2,1-3H3. The van der Waals surface area contributed by atoms with E-state index in [9.17, 15) is 4.79 Å². The molecule has 100 valence electrons. The van der Waals surface area contributed by atoms with E-state index in [0.29, 0.717) is 17.9 Å². The van der Waals surface area contributed by atoms with Crippen molar-refractivity contribution in [3.63, 3.8) is 0 Å². The summed E-state index contributed by atoms with van der Waals surface area (Å²) in [5.41, 5.74) is 8.44. The maximum Gasteiger partial charge on any atom is 0.280 e. The second-order valence-corrected chi connectivity index (χ2v) is 4.44. The first kappa shape index (κ1) is 13.1. The first-order valence-electron chi connectivity index (χ1n) is 6.21. The normalized spacial score (nSPS) is 10.5. The Morgan fingerprint density at radius 1 is 1.42 bits per heavy atom. The lowest BCUT2D eigenvalue weighted by molar-refractivity contribution is 0.0988. The highest BCUT2D eigenvalue weighted by Gasteiger charge is 2.20. The van der Waals surface area contributed by atoms with Gasteiger partial charge in [-0.3, -0.25) is 9.48 Å². The van der Waals surface area contributed by atoms with Crippen LogP contribution in [0.2, 0.25) is 0 Å². The third-order valence-corrected chi connectivity index (χ3v) is 3.10. The molecule has 0 atom stereocenters. The monoisotopic (exact) mass is 258 g/mol. The molecule has 0 saturated carbocycles. The topological polar surface area (TPSA) is 64.2 Å². The second-order valence-electron chi connectivity index (χ2n) is 4.44. The Kier molecular flexibility index (Phi) is 3.55. The van der Waals surface area contributed by atoms with Gasteiger partial charge in [-0.05, 0) is 25.5 Å². The number of aromatic nitrogens is 2. The van der Waals surface area contributed by atoms with E-state index in [1.165, 1.54) is 0 Å². The first-order chi connectivity index (χ1) is 9.04. The molecule has 0 fully saturated rings. The van der Waals surface area contributed by atoms with E-state index < -0.39 is 0 Å². The molecule has 1 amide bonds. The van der Waals surface area contributed by atoms with Crippen LogP contribution in [0, 0.1) is 6.92 Å². The summed E-state index contributed by atoms with van der Waals surface area (Å²) in [6.45, 7) is 4.60. The van der Waals surface area contributed by atoms with Crippen LogP contribution in [0.4, 0.5) is 11.4 Å². The number of rotatable bonds is 3. The average molecular weight is 258 g/mol. The third-order valence-electron chi connectivity index (χ3n) is 3.10. The fourth-order valence-electron chi connectivity index (χ4n) is 1.97. The van der Waals surface area contributed by atoms with Gasteiger partial charge in [-0.15, -0.1) is 0 Å². The number of nitrogens with zero attached hydrogens (tertiary/aromatic N) is 3. The number of hydrogen-bond donors (Lipinski definition) is 1. The van der Waals surface area contributed by atoms with Crippen molar-refractivity contribution in [2.45, 2.75) is 20.4 Å². The van der Waals surface area contributed by atoms with Gasteiger partial charge in [0, 0.05) is 25.5 Å². The van der Waals surface area contributed by atoms with Crippen LogP contribution in [-0.4, -0.2) is 22.7 Å². The maximum absolute atomic E-state index is 12.4. The second kappa shape index (κ2) is 5.14. The summed E-state index contributed by atoms with van der Waals surface area (Å²) in [6.07, 6.45) is 1.68. The first-order valence-corrected chi connectivity index (χ1v) is 6.21. The summed E-state index contributed by atoms with van der Waals surface area (Å²) >= 11 is 0. The minimum Gasteiger partial charge on any atom is -0.396 e. The highest BCUT2D eigenvalue weighted by Crippen LogP contribution is 2.21. The molecule has 0 unspecified atom stereocenters. The highest BCUT2D eigenvalue weighted by atomic mass is 16.2. The van der Waals surface area contributed by atoms with Gasteiger partial charge in [0.1, 0.15) is 0 Å². The molecule has 0 aliphatic heterocycles. The molecule has 19 heavy (non-hydrogen) atoms. The predicted octanol–water partition coefficient (Wildman–Crippen LogP) is 2.07. The molecule has 1 aromatic heterocycles. The Balaban J connectivity index is 2.33. The largest absolute Gasteiger partial charge is 0.396 e. The number of nitrogens with two attached hydrogens (primary N) is 1. The molecule has 0 aliphatic rings. The molecule has 0 radical (unpaired) electrons. The van der Waals surface area contributed by atoms with Crippen molar-refractivity contribution in [2.75, 3.05) is 17.7 Å². The van der Waals surface area contributed by atoms with Gasteiger partial charge in [0.15, 0.2) is 5.69 Å². The Hall–Kier alpha value is -2.30. The zero-order valence-corrected chi connectivity index (χ0v) is 11.4. The van der Waals surface area contributed by atoms with Gasteiger partial charge < -0.3 is 10.6 Å². The van der Waals surface area contributed by atoms with Crippen molar-refractivity contribution in [2.24, 2.45) is 0 Å². The van der Waals surface area contributed by atoms with E-state index in [0.717, 1.165) is 11.3 Å². The average Bonchev–Trinajstić information content (AvgIpc) is 2.79. The van der Waals surface area contributed by atoms with Crippen LogP contribution < -0.4 is 10.6 Å². The van der Waals surface area contributed by atoms with E-state index in [1.807, 2.05) is 38.1 Å². The lowest BCUT2D eigenvalue weighted by atomic mass is 10.2. The number of carbonyl (C=O) groups is 1. The summed E-state index contributed by atoms with van der Waals surface area (Å²) in [5.74, 6) is -0.195. The number of nitrogen functional groups attached to an aromatic ring is 1. The van der Waals surface area contributed by atoms with Crippen molar-refractivity contribution in [3.05, 3.63) is 41.7 Å². The molecule has 2 aromatic rings. The smallest absolute Gasteiger partial charge is 0.280 e. The fraction of sp³-hybridized carbons (Fsp3) is 0.286. The molecule has 0 bridgehead atoms. The molecular formula is C14H18N4O. The molecule has 1 aromatic carbocycles. The lowest BCUT2D eigenvalue weighted by Gasteiger charge is -2.18. The van der Waals surface area contributed by atoms with Crippen molar-refractivity contribution >= 4 is 17.3 Å². The van der Waals surface area contributed by atoms with E-state index in [1.54, 1.807) is 22.8 Å². The van der Waals surface area contributed by atoms with E-state index >= 15 is 0 Å². The molecule has 1 heterocycles. The summed E-state index contributed by atoms with van der Waals surface area (Å²) in [4.78, 5) is 14.0. The molecule has 2 rings (SSSR count). The number of anilines is 2. The number of para-hydroxylation sites is 1. The number of carbonyl (C=O) groups excluding carboxylic acids is 1. The Labute approximate surface area is 112 Å². The van der Waals surface area contributed by atoms with E-state index in [-0.39, 0.29) is 5.91 Å². The van der Waals surface area contributed by atoms with Gasteiger partial charge in [0.25, 0.3) is 5.91 Å². The fourth-order valence-corrected chi connectivity index (χ4v) is 1.97. The minimum atomic E-state index is -0.195. The van der Waals surface area contributed by atoms with Crippen molar-refractivity contribution in [1.82, 2.24) is 9.78 Å². The van der Waals surface area contributed by atoms with Crippen LogP contribution in [0.25, 0.3) is 0 Å². The number of benzene rings is 1. The summed E-state index contributed by atoms with van der Waals surface area (Å²) < 4.78 is 1.66.